The molecule has 0 bridgehead atoms. The predicted octanol–water partition coefficient (Wildman–Crippen LogP) is 3.88. The molecule has 1 amide bonds. The van der Waals surface area contributed by atoms with Crippen molar-refractivity contribution >= 4 is 39.1 Å². The van der Waals surface area contributed by atoms with Crippen LogP contribution in [0, 0.1) is 18.2 Å². The van der Waals surface area contributed by atoms with E-state index in [1.54, 1.807) is 11.7 Å². The van der Waals surface area contributed by atoms with Crippen LogP contribution in [0.1, 0.15) is 10.4 Å². The number of terminal acetylenes is 1. The summed E-state index contributed by atoms with van der Waals surface area (Å²) in [5, 5.41) is 0.0139. The van der Waals surface area contributed by atoms with E-state index < -0.39 is 11.7 Å². The van der Waals surface area contributed by atoms with Gasteiger partial charge in [-0.2, -0.15) is 4.99 Å². The Morgan fingerprint density at radius 1 is 1.40 bits per heavy atom. The zero-order valence-electron chi connectivity index (χ0n) is 13.1. The van der Waals surface area contributed by atoms with E-state index in [0.29, 0.717) is 10.6 Å². The maximum Gasteiger partial charge on any atom is 0.281 e. The lowest BCUT2D eigenvalue weighted by Crippen LogP contribution is -2.16. The summed E-state index contributed by atoms with van der Waals surface area (Å²) >= 11 is 7.24. The number of rotatable bonds is 3. The number of hydrogen-bond donors (Lipinski definition) is 0. The van der Waals surface area contributed by atoms with Gasteiger partial charge in [0, 0.05) is 0 Å². The molecule has 3 aromatic rings. The van der Waals surface area contributed by atoms with Crippen molar-refractivity contribution < 1.29 is 13.9 Å². The van der Waals surface area contributed by atoms with E-state index in [1.807, 2.05) is 18.2 Å². The highest BCUT2D eigenvalue weighted by Crippen LogP contribution is 2.23. The zero-order valence-corrected chi connectivity index (χ0v) is 14.7. The summed E-state index contributed by atoms with van der Waals surface area (Å²) in [5.74, 6) is 2.17. The monoisotopic (exact) mass is 374 g/mol. The topological polar surface area (TPSA) is 43.6 Å². The number of methoxy groups -OCH3 is 1. The molecule has 126 valence electrons. The number of hydrogen-bond acceptors (Lipinski definition) is 3. The van der Waals surface area contributed by atoms with E-state index in [0.717, 1.165) is 16.3 Å². The van der Waals surface area contributed by atoms with Crippen molar-refractivity contribution in [1.29, 1.82) is 0 Å². The number of fused-ring (bicyclic) bond motifs is 1. The van der Waals surface area contributed by atoms with Crippen molar-refractivity contribution in [3.63, 3.8) is 0 Å². The third-order valence-corrected chi connectivity index (χ3v) is 4.85. The van der Waals surface area contributed by atoms with Crippen LogP contribution in [-0.4, -0.2) is 17.6 Å². The van der Waals surface area contributed by atoms with Crippen LogP contribution in [0.5, 0.6) is 5.75 Å². The molecule has 4 nitrogen and oxygen atoms in total. The molecular weight excluding hydrogens is 363 g/mol. The number of carbonyl (C=O) groups is 1. The van der Waals surface area contributed by atoms with Crippen LogP contribution >= 0.6 is 22.9 Å². The molecule has 1 heterocycles. The highest BCUT2D eigenvalue weighted by atomic mass is 35.5. The second-order valence-corrected chi connectivity index (χ2v) is 6.47. The summed E-state index contributed by atoms with van der Waals surface area (Å²) in [6, 6.07) is 9.07. The Morgan fingerprint density at radius 3 is 2.88 bits per heavy atom. The van der Waals surface area contributed by atoms with Crippen molar-refractivity contribution in [1.82, 2.24) is 4.57 Å². The molecule has 0 unspecified atom stereocenters. The Morgan fingerprint density at radius 2 is 2.20 bits per heavy atom. The van der Waals surface area contributed by atoms with Gasteiger partial charge in [0.15, 0.2) is 4.80 Å². The summed E-state index contributed by atoms with van der Waals surface area (Å²) in [6.45, 7) is 0.260. The number of amides is 1. The van der Waals surface area contributed by atoms with Crippen molar-refractivity contribution in [2.45, 2.75) is 6.54 Å². The Balaban J connectivity index is 2.16. The van der Waals surface area contributed by atoms with E-state index in [-0.39, 0.29) is 17.1 Å². The van der Waals surface area contributed by atoms with E-state index in [4.69, 9.17) is 22.8 Å². The van der Waals surface area contributed by atoms with Gasteiger partial charge < -0.3 is 9.30 Å². The number of halogens is 2. The predicted molar refractivity (Wildman–Crippen MR) is 96.5 cm³/mol. The summed E-state index contributed by atoms with van der Waals surface area (Å²) in [4.78, 5) is 17.0. The molecule has 0 aliphatic rings. The third kappa shape index (κ3) is 3.43. The summed E-state index contributed by atoms with van der Waals surface area (Å²) in [7, 11) is 1.58. The smallest absolute Gasteiger partial charge is 0.281 e. The van der Waals surface area contributed by atoms with Gasteiger partial charge in [0.1, 0.15) is 11.6 Å². The number of thiazole rings is 1. The minimum atomic E-state index is -0.561. The van der Waals surface area contributed by atoms with Gasteiger partial charge in [-0.05, 0) is 36.4 Å². The minimum absolute atomic E-state index is 0.0139. The van der Waals surface area contributed by atoms with Crippen LogP contribution in [0.25, 0.3) is 10.2 Å². The zero-order chi connectivity index (χ0) is 18.0. The van der Waals surface area contributed by atoms with E-state index >= 15 is 0 Å². The molecule has 0 N–H and O–H groups in total. The fraction of sp³-hybridized carbons (Fsp3) is 0.111. The Kier molecular flexibility index (Phi) is 4.88. The molecule has 0 spiro atoms. The summed E-state index contributed by atoms with van der Waals surface area (Å²) < 4.78 is 21.0. The van der Waals surface area contributed by atoms with Gasteiger partial charge >= 0.3 is 0 Å². The van der Waals surface area contributed by atoms with E-state index in [1.165, 1.54) is 23.5 Å². The molecule has 0 aliphatic heterocycles. The first-order valence-corrected chi connectivity index (χ1v) is 8.38. The summed E-state index contributed by atoms with van der Waals surface area (Å²) in [6.07, 6.45) is 5.44. The fourth-order valence-electron chi connectivity index (χ4n) is 2.32. The maximum atomic E-state index is 13.2. The SMILES string of the molecule is C#CCn1c(=NC(=O)c2ccc(F)cc2Cl)sc2cc(OC)ccc21. The number of ether oxygens (including phenoxy) is 1. The molecule has 1 aromatic heterocycles. The molecule has 0 saturated carbocycles. The van der Waals surface area contributed by atoms with Gasteiger partial charge in [0.2, 0.25) is 0 Å². The van der Waals surface area contributed by atoms with Crippen LogP contribution < -0.4 is 9.54 Å². The molecule has 0 aliphatic carbocycles. The number of aromatic nitrogens is 1. The second kappa shape index (κ2) is 7.09. The lowest BCUT2D eigenvalue weighted by Gasteiger charge is -2.02. The van der Waals surface area contributed by atoms with Gasteiger partial charge in [-0.1, -0.05) is 28.9 Å². The lowest BCUT2D eigenvalue weighted by atomic mass is 10.2. The number of carbonyl (C=O) groups excluding carboxylic acids is 1. The number of benzene rings is 2. The largest absolute Gasteiger partial charge is 0.497 e. The van der Waals surface area contributed by atoms with Crippen molar-refractivity contribution in [2.24, 2.45) is 4.99 Å². The second-order valence-electron chi connectivity index (χ2n) is 5.05. The molecule has 2 aromatic carbocycles. The molecule has 7 heteroatoms. The Labute approximate surface area is 152 Å². The van der Waals surface area contributed by atoms with Crippen LogP contribution in [0.3, 0.4) is 0 Å². The third-order valence-electron chi connectivity index (χ3n) is 3.50. The molecule has 0 radical (unpaired) electrons. The first-order valence-electron chi connectivity index (χ1n) is 7.18. The van der Waals surface area contributed by atoms with Crippen molar-refractivity contribution in [2.75, 3.05) is 7.11 Å². The molecule has 0 fully saturated rings. The quantitative estimate of drug-likeness (QED) is 0.653. The van der Waals surface area contributed by atoms with Crippen molar-refractivity contribution in [3.05, 3.63) is 57.6 Å². The average molecular weight is 375 g/mol. The Bertz CT molecular complexity index is 1080. The first-order chi connectivity index (χ1) is 12.0. The summed E-state index contributed by atoms with van der Waals surface area (Å²) in [5.41, 5.74) is 0.978. The maximum absolute atomic E-state index is 13.2. The molecular formula is C18H12ClFN2O2S. The highest BCUT2D eigenvalue weighted by molar-refractivity contribution is 7.16. The molecule has 0 saturated heterocycles. The van der Waals surface area contributed by atoms with Gasteiger partial charge in [-0.25, -0.2) is 4.39 Å². The molecule has 0 atom stereocenters. The standard InChI is InChI=1S/C18H12ClFN2O2S/c1-3-8-22-15-7-5-12(24-2)10-16(15)25-18(22)21-17(23)13-6-4-11(20)9-14(13)19/h1,4-7,9-10H,8H2,2H3. The normalized spacial score (nSPS) is 11.5. The fourth-order valence-corrected chi connectivity index (χ4v) is 3.62. The van der Waals surface area contributed by atoms with Gasteiger partial charge in [0.25, 0.3) is 5.91 Å². The van der Waals surface area contributed by atoms with Crippen LogP contribution in [0.15, 0.2) is 41.4 Å². The highest BCUT2D eigenvalue weighted by Gasteiger charge is 2.12. The van der Waals surface area contributed by atoms with E-state index in [2.05, 4.69) is 10.9 Å². The van der Waals surface area contributed by atoms with Crippen molar-refractivity contribution in [3.8, 4) is 18.1 Å². The number of nitrogens with zero attached hydrogens (tertiary/aromatic N) is 2. The van der Waals surface area contributed by atoms with Crippen LogP contribution in [0.2, 0.25) is 5.02 Å². The van der Waals surface area contributed by atoms with Gasteiger partial charge in [0.05, 0.1) is 34.5 Å². The van der Waals surface area contributed by atoms with Crippen LogP contribution in [-0.2, 0) is 6.54 Å². The molecule has 25 heavy (non-hydrogen) atoms. The first kappa shape index (κ1) is 17.2. The average Bonchev–Trinajstić information content (AvgIpc) is 2.91. The minimum Gasteiger partial charge on any atom is -0.497 e. The van der Waals surface area contributed by atoms with Gasteiger partial charge in [-0.15, -0.1) is 6.42 Å². The molecule has 3 rings (SSSR count). The van der Waals surface area contributed by atoms with Crippen LogP contribution in [0.4, 0.5) is 4.39 Å². The Hall–Kier alpha value is -2.62. The van der Waals surface area contributed by atoms with Gasteiger partial charge in [-0.3, -0.25) is 4.79 Å². The lowest BCUT2D eigenvalue weighted by molar-refractivity contribution is 0.0998. The van der Waals surface area contributed by atoms with E-state index in [9.17, 15) is 9.18 Å².